The van der Waals surface area contributed by atoms with Gasteiger partial charge in [-0.2, -0.15) is 5.26 Å². The Hall–Kier alpha value is -2.20. The minimum atomic E-state index is -1.34. The Morgan fingerprint density at radius 2 is 1.92 bits per heavy atom. The molecular weight excluding hydrogens is 340 g/mol. The quantitative estimate of drug-likeness (QED) is 0.750. The molecule has 1 atom stereocenters. The average Bonchev–Trinajstić information content (AvgIpc) is 2.65. The molecule has 0 radical (unpaired) electrons. The smallest absolute Gasteiger partial charge is 0.339 e. The molecule has 25 heavy (non-hydrogen) atoms. The third-order valence-electron chi connectivity index (χ3n) is 4.65. The first kappa shape index (κ1) is 19.1. The van der Waals surface area contributed by atoms with E-state index in [-0.39, 0.29) is 5.56 Å². The number of ether oxygens (including phenoxy) is 1. The van der Waals surface area contributed by atoms with Crippen molar-refractivity contribution in [3.8, 4) is 6.07 Å². The minimum Gasteiger partial charge on any atom is -0.452 e. The summed E-state index contributed by atoms with van der Waals surface area (Å²) in [6.45, 7) is -0.441. The molecule has 1 saturated carbocycles. The van der Waals surface area contributed by atoms with Crippen LogP contribution in [0.2, 0.25) is 0 Å². The fourth-order valence-electron chi connectivity index (χ4n) is 3.09. The molecule has 0 bridgehead atoms. The zero-order chi connectivity index (χ0) is 18.4. The second kappa shape index (κ2) is 8.26. The number of hydrogen-bond donors (Lipinski definition) is 0. The van der Waals surface area contributed by atoms with Crippen molar-refractivity contribution in [3.63, 3.8) is 0 Å². The van der Waals surface area contributed by atoms with E-state index in [0.717, 1.165) is 19.3 Å². The van der Waals surface area contributed by atoms with E-state index >= 15 is 0 Å². The van der Waals surface area contributed by atoms with Crippen molar-refractivity contribution in [1.29, 1.82) is 5.26 Å². The van der Waals surface area contributed by atoms with Crippen LogP contribution in [0.4, 0.5) is 0 Å². The summed E-state index contributed by atoms with van der Waals surface area (Å²) in [5.41, 5.74) is -0.628. The van der Waals surface area contributed by atoms with Crippen LogP contribution in [-0.2, 0) is 20.3 Å². The lowest BCUT2D eigenvalue weighted by Gasteiger charge is -2.38. The van der Waals surface area contributed by atoms with Crippen molar-refractivity contribution in [2.24, 2.45) is 0 Å². The molecule has 6 nitrogen and oxygen atoms in total. The summed E-state index contributed by atoms with van der Waals surface area (Å²) < 4.78 is 16.8. The van der Waals surface area contributed by atoms with Crippen LogP contribution in [0.5, 0.6) is 0 Å². The van der Waals surface area contributed by atoms with E-state index < -0.39 is 34.8 Å². The molecule has 0 N–H and O–H groups in total. The number of likely N-dealkylation sites (N-methyl/N-ethyl adjacent to an activating group) is 1. The van der Waals surface area contributed by atoms with E-state index in [1.54, 1.807) is 25.2 Å². The van der Waals surface area contributed by atoms with Crippen molar-refractivity contribution in [1.82, 2.24) is 4.90 Å². The summed E-state index contributed by atoms with van der Waals surface area (Å²) >= 11 is 0. The van der Waals surface area contributed by atoms with E-state index in [9.17, 15) is 19.1 Å². The van der Waals surface area contributed by atoms with Gasteiger partial charge in [0.2, 0.25) is 0 Å². The second-order valence-corrected chi connectivity index (χ2v) is 7.53. The Kier molecular flexibility index (Phi) is 6.32. The molecule has 1 fully saturated rings. The number of nitrogens with zero attached hydrogens (tertiary/aromatic N) is 2. The molecule has 0 aromatic heterocycles. The summed E-state index contributed by atoms with van der Waals surface area (Å²) in [6, 6.07) is 8.71. The van der Waals surface area contributed by atoms with E-state index in [0.29, 0.717) is 17.7 Å². The van der Waals surface area contributed by atoms with Gasteiger partial charge in [-0.05, 0) is 25.0 Å². The van der Waals surface area contributed by atoms with Gasteiger partial charge in [-0.25, -0.2) is 4.79 Å². The van der Waals surface area contributed by atoms with E-state index in [1.165, 1.54) is 17.2 Å². The average molecular weight is 362 g/mol. The molecule has 1 aromatic rings. The number of carbonyl (C=O) groups is 2. The highest BCUT2D eigenvalue weighted by atomic mass is 32.2. The maximum Gasteiger partial charge on any atom is 0.339 e. The molecule has 1 aromatic carbocycles. The SMILES string of the molecule is CN(C(=O)COC(=O)c1ccccc1[S@@](C)=O)C1(C#N)CCCCC1. The summed E-state index contributed by atoms with van der Waals surface area (Å²) in [7, 11) is 0.248. The predicted octanol–water partition coefficient (Wildman–Crippen LogP) is 2.27. The molecule has 2 rings (SSSR count). The maximum absolute atomic E-state index is 12.4. The third-order valence-corrected chi connectivity index (χ3v) is 5.62. The van der Waals surface area contributed by atoms with Gasteiger partial charge in [0.25, 0.3) is 5.91 Å². The maximum atomic E-state index is 12.4. The predicted molar refractivity (Wildman–Crippen MR) is 93.3 cm³/mol. The Bertz CT molecular complexity index is 720. The Morgan fingerprint density at radius 1 is 1.28 bits per heavy atom. The van der Waals surface area contributed by atoms with Crippen molar-refractivity contribution >= 4 is 22.7 Å². The first-order valence-corrected chi connectivity index (χ1v) is 9.74. The number of nitriles is 1. The van der Waals surface area contributed by atoms with E-state index in [2.05, 4.69) is 6.07 Å². The van der Waals surface area contributed by atoms with Crippen molar-refractivity contribution in [2.45, 2.75) is 42.5 Å². The van der Waals surface area contributed by atoms with Crippen LogP contribution in [0.3, 0.4) is 0 Å². The number of carbonyl (C=O) groups excluding carboxylic acids is 2. The molecule has 1 aliphatic carbocycles. The number of rotatable bonds is 5. The minimum absolute atomic E-state index is 0.187. The van der Waals surface area contributed by atoms with Gasteiger partial charge >= 0.3 is 5.97 Å². The molecule has 0 saturated heterocycles. The van der Waals surface area contributed by atoms with Crippen molar-refractivity contribution in [3.05, 3.63) is 29.8 Å². The highest BCUT2D eigenvalue weighted by molar-refractivity contribution is 7.84. The van der Waals surface area contributed by atoms with Crippen LogP contribution in [0.25, 0.3) is 0 Å². The summed E-state index contributed by atoms with van der Waals surface area (Å²) in [5, 5.41) is 9.53. The van der Waals surface area contributed by atoms with Crippen LogP contribution in [0, 0.1) is 11.3 Å². The monoisotopic (exact) mass is 362 g/mol. The topological polar surface area (TPSA) is 87.5 Å². The zero-order valence-electron chi connectivity index (χ0n) is 14.5. The van der Waals surface area contributed by atoms with Gasteiger partial charge in [0, 0.05) is 13.3 Å². The van der Waals surface area contributed by atoms with Crippen LogP contribution < -0.4 is 0 Å². The standard InChI is InChI=1S/C18H22N2O4S/c1-20(18(13-19)10-6-3-7-11-18)16(21)12-24-17(22)14-8-4-5-9-15(14)25(2)23/h4-5,8-9H,3,6-7,10-12H2,1-2H3/t25-/m1/s1. The van der Waals surface area contributed by atoms with E-state index in [1.807, 2.05) is 0 Å². The van der Waals surface area contributed by atoms with E-state index in [4.69, 9.17) is 4.74 Å². The first-order valence-electron chi connectivity index (χ1n) is 8.19. The Balaban J connectivity index is 2.03. The summed E-state index contributed by atoms with van der Waals surface area (Å²) in [6.07, 6.45) is 5.62. The molecule has 1 amide bonds. The van der Waals surface area contributed by atoms with Crippen LogP contribution >= 0.6 is 0 Å². The highest BCUT2D eigenvalue weighted by Crippen LogP contribution is 2.32. The summed E-state index contributed by atoms with van der Waals surface area (Å²) in [5.74, 6) is -1.10. The number of hydrogen-bond acceptors (Lipinski definition) is 5. The van der Waals surface area contributed by atoms with Crippen LogP contribution in [-0.4, -0.2) is 46.4 Å². The molecule has 0 unspecified atom stereocenters. The fourth-order valence-corrected chi connectivity index (χ4v) is 3.82. The fraction of sp³-hybridized carbons (Fsp3) is 0.500. The highest BCUT2D eigenvalue weighted by Gasteiger charge is 2.39. The Labute approximate surface area is 150 Å². The lowest BCUT2D eigenvalue weighted by Crippen LogP contribution is -2.51. The number of benzene rings is 1. The lowest BCUT2D eigenvalue weighted by molar-refractivity contribution is -0.138. The van der Waals surface area contributed by atoms with Crippen LogP contribution in [0.1, 0.15) is 42.5 Å². The molecular formula is C18H22N2O4S. The van der Waals surface area contributed by atoms with Crippen molar-refractivity contribution < 1.29 is 18.5 Å². The largest absolute Gasteiger partial charge is 0.452 e. The molecule has 0 aliphatic heterocycles. The van der Waals surface area contributed by atoms with Gasteiger partial charge < -0.3 is 9.64 Å². The van der Waals surface area contributed by atoms with Gasteiger partial charge in [0.05, 0.1) is 27.3 Å². The van der Waals surface area contributed by atoms with Gasteiger partial charge in [-0.1, -0.05) is 31.4 Å². The molecule has 1 aliphatic rings. The van der Waals surface area contributed by atoms with Gasteiger partial charge in [-0.15, -0.1) is 0 Å². The Morgan fingerprint density at radius 3 is 2.52 bits per heavy atom. The normalized spacial score (nSPS) is 17.2. The first-order chi connectivity index (χ1) is 11.9. The molecule has 0 heterocycles. The van der Waals surface area contributed by atoms with Crippen molar-refractivity contribution in [2.75, 3.05) is 19.9 Å². The zero-order valence-corrected chi connectivity index (χ0v) is 15.3. The second-order valence-electron chi connectivity index (χ2n) is 6.18. The number of esters is 1. The number of amides is 1. The molecule has 0 spiro atoms. The van der Waals surface area contributed by atoms with Gasteiger partial charge in [0.15, 0.2) is 6.61 Å². The lowest BCUT2D eigenvalue weighted by atomic mass is 9.81. The molecule has 7 heteroatoms. The van der Waals surface area contributed by atoms with Gasteiger partial charge in [-0.3, -0.25) is 9.00 Å². The summed E-state index contributed by atoms with van der Waals surface area (Å²) in [4.78, 5) is 26.4. The van der Waals surface area contributed by atoms with Gasteiger partial charge in [0.1, 0.15) is 5.54 Å². The molecule has 134 valence electrons. The van der Waals surface area contributed by atoms with Crippen LogP contribution in [0.15, 0.2) is 29.2 Å². The third kappa shape index (κ3) is 4.26.